The second-order valence-electron chi connectivity index (χ2n) is 4.24. The summed E-state index contributed by atoms with van der Waals surface area (Å²) in [7, 11) is 0. The van der Waals surface area contributed by atoms with E-state index in [-0.39, 0.29) is 12.0 Å². The van der Waals surface area contributed by atoms with E-state index < -0.39 is 0 Å². The molecule has 1 aliphatic rings. The fourth-order valence-corrected chi connectivity index (χ4v) is 1.79. The lowest BCUT2D eigenvalue weighted by Gasteiger charge is -2.25. The Hall–Kier alpha value is -0.980. The molecule has 0 bridgehead atoms. The maximum atomic E-state index is 6.00. The summed E-state index contributed by atoms with van der Waals surface area (Å²) in [6, 6.07) is 0.0358. The number of hydrogen-bond donors (Lipinski definition) is 1. The molecule has 2 heterocycles. The first-order valence-corrected chi connectivity index (χ1v) is 6.04. The maximum Gasteiger partial charge on any atom is 0.233 e. The van der Waals surface area contributed by atoms with Crippen molar-refractivity contribution in [3.8, 4) is 0 Å². The van der Waals surface area contributed by atoms with Crippen molar-refractivity contribution in [3.05, 3.63) is 11.7 Å². The molecule has 6 heteroatoms. The van der Waals surface area contributed by atoms with Crippen LogP contribution in [-0.4, -0.2) is 36.0 Å². The largest absolute Gasteiger partial charge is 0.381 e. The van der Waals surface area contributed by atoms with Crippen molar-refractivity contribution >= 4 is 0 Å². The van der Waals surface area contributed by atoms with Crippen LogP contribution in [0.2, 0.25) is 0 Å². The number of rotatable bonds is 5. The normalized spacial score (nSPS) is 25.1. The fraction of sp³-hybridized carbons (Fsp3) is 0.818. The molecule has 1 aliphatic heterocycles. The van der Waals surface area contributed by atoms with Gasteiger partial charge in [-0.15, -0.1) is 0 Å². The van der Waals surface area contributed by atoms with Crippen LogP contribution in [0.3, 0.4) is 0 Å². The fourth-order valence-electron chi connectivity index (χ4n) is 1.79. The molecule has 17 heavy (non-hydrogen) atoms. The zero-order valence-corrected chi connectivity index (χ0v) is 10.1. The predicted molar refractivity (Wildman–Crippen MR) is 60.4 cm³/mol. The summed E-state index contributed by atoms with van der Waals surface area (Å²) < 4.78 is 15.9. The van der Waals surface area contributed by atoms with E-state index in [0.29, 0.717) is 38.1 Å². The Kier molecular flexibility index (Phi) is 4.47. The van der Waals surface area contributed by atoms with Gasteiger partial charge in [-0.3, -0.25) is 0 Å². The summed E-state index contributed by atoms with van der Waals surface area (Å²) in [6.07, 6.45) is 1.81. The Balaban J connectivity index is 1.92. The van der Waals surface area contributed by atoms with E-state index in [1.165, 1.54) is 0 Å². The molecule has 96 valence electrons. The molecule has 0 aromatic carbocycles. The Morgan fingerprint density at radius 2 is 2.41 bits per heavy atom. The average Bonchev–Trinajstić information content (AvgIpc) is 2.79. The minimum atomic E-state index is 0.0103. The lowest BCUT2D eigenvalue weighted by Crippen LogP contribution is -2.37. The molecular formula is C11H19N3O3. The molecule has 0 aliphatic carbocycles. The van der Waals surface area contributed by atoms with Crippen molar-refractivity contribution in [2.75, 3.05) is 19.8 Å². The third kappa shape index (κ3) is 3.24. The standard InChI is InChI=1S/C11H19N3O3/c1-2-4-15-7-10-13-11(17-14-10)8-6-16-5-3-9(8)12/h8-9H,2-7,12H2,1H3. The summed E-state index contributed by atoms with van der Waals surface area (Å²) in [5.41, 5.74) is 6.00. The zero-order chi connectivity index (χ0) is 12.1. The van der Waals surface area contributed by atoms with E-state index in [1.807, 2.05) is 0 Å². The third-order valence-corrected chi connectivity index (χ3v) is 2.79. The molecule has 2 unspecified atom stereocenters. The molecule has 2 rings (SSSR count). The summed E-state index contributed by atoms with van der Waals surface area (Å²) in [5.74, 6) is 1.15. The van der Waals surface area contributed by atoms with Gasteiger partial charge in [0, 0.05) is 19.3 Å². The van der Waals surface area contributed by atoms with Gasteiger partial charge in [-0.05, 0) is 12.8 Å². The topological polar surface area (TPSA) is 83.4 Å². The van der Waals surface area contributed by atoms with Crippen molar-refractivity contribution in [1.82, 2.24) is 10.1 Å². The Morgan fingerprint density at radius 1 is 1.53 bits per heavy atom. The molecule has 1 aromatic heterocycles. The Labute approximate surface area is 100 Å². The van der Waals surface area contributed by atoms with Crippen LogP contribution in [0.25, 0.3) is 0 Å². The van der Waals surface area contributed by atoms with Crippen LogP contribution in [0.1, 0.15) is 37.4 Å². The molecule has 0 amide bonds. The SMILES string of the molecule is CCCOCc1noc(C2COCCC2N)n1. The quantitative estimate of drug-likeness (QED) is 0.769. The number of hydrogen-bond acceptors (Lipinski definition) is 6. The zero-order valence-electron chi connectivity index (χ0n) is 10.1. The second-order valence-corrected chi connectivity index (χ2v) is 4.24. The van der Waals surface area contributed by atoms with Crippen molar-refractivity contribution in [2.45, 2.75) is 38.3 Å². The van der Waals surface area contributed by atoms with Gasteiger partial charge < -0.3 is 19.7 Å². The predicted octanol–water partition coefficient (Wildman–Crippen LogP) is 0.827. The van der Waals surface area contributed by atoms with Crippen molar-refractivity contribution in [1.29, 1.82) is 0 Å². The minimum Gasteiger partial charge on any atom is -0.381 e. The van der Waals surface area contributed by atoms with Crippen molar-refractivity contribution < 1.29 is 14.0 Å². The van der Waals surface area contributed by atoms with E-state index in [9.17, 15) is 0 Å². The highest BCUT2D eigenvalue weighted by Gasteiger charge is 2.29. The summed E-state index contributed by atoms with van der Waals surface area (Å²) in [4.78, 5) is 4.29. The number of ether oxygens (including phenoxy) is 2. The van der Waals surface area contributed by atoms with Gasteiger partial charge in [0.2, 0.25) is 5.89 Å². The molecule has 1 fully saturated rings. The summed E-state index contributed by atoms with van der Waals surface area (Å²) in [6.45, 7) is 4.41. The maximum absolute atomic E-state index is 6.00. The average molecular weight is 241 g/mol. The van der Waals surface area contributed by atoms with Crippen molar-refractivity contribution in [3.63, 3.8) is 0 Å². The van der Waals surface area contributed by atoms with E-state index in [1.54, 1.807) is 0 Å². The molecule has 0 radical (unpaired) electrons. The monoisotopic (exact) mass is 241 g/mol. The summed E-state index contributed by atoms with van der Waals surface area (Å²) in [5, 5.41) is 3.88. The van der Waals surface area contributed by atoms with Crippen LogP contribution >= 0.6 is 0 Å². The molecule has 0 spiro atoms. The molecule has 2 N–H and O–H groups in total. The highest BCUT2D eigenvalue weighted by atomic mass is 16.5. The number of nitrogens with zero attached hydrogens (tertiary/aromatic N) is 2. The Morgan fingerprint density at radius 3 is 3.18 bits per heavy atom. The first-order chi connectivity index (χ1) is 8.31. The molecule has 0 saturated carbocycles. The Bertz CT molecular complexity index is 342. The lowest BCUT2D eigenvalue weighted by atomic mass is 9.97. The van der Waals surface area contributed by atoms with Crippen LogP contribution < -0.4 is 5.73 Å². The van der Waals surface area contributed by atoms with E-state index in [4.69, 9.17) is 19.7 Å². The van der Waals surface area contributed by atoms with E-state index >= 15 is 0 Å². The lowest BCUT2D eigenvalue weighted by molar-refractivity contribution is 0.0590. The molecular weight excluding hydrogens is 222 g/mol. The van der Waals surface area contributed by atoms with E-state index in [2.05, 4.69) is 17.1 Å². The third-order valence-electron chi connectivity index (χ3n) is 2.79. The van der Waals surface area contributed by atoms with Crippen LogP contribution in [0.4, 0.5) is 0 Å². The minimum absolute atomic E-state index is 0.0103. The van der Waals surface area contributed by atoms with Gasteiger partial charge in [0.25, 0.3) is 0 Å². The van der Waals surface area contributed by atoms with Gasteiger partial charge in [0.1, 0.15) is 6.61 Å². The van der Waals surface area contributed by atoms with Gasteiger partial charge in [0.05, 0.1) is 12.5 Å². The van der Waals surface area contributed by atoms with Crippen molar-refractivity contribution in [2.24, 2.45) is 5.73 Å². The molecule has 1 saturated heterocycles. The first kappa shape index (κ1) is 12.5. The van der Waals surface area contributed by atoms with Crippen LogP contribution in [0, 0.1) is 0 Å². The number of aromatic nitrogens is 2. The van der Waals surface area contributed by atoms with Gasteiger partial charge >= 0.3 is 0 Å². The highest BCUT2D eigenvalue weighted by molar-refractivity contribution is 4.99. The van der Waals surface area contributed by atoms with Gasteiger partial charge in [-0.25, -0.2) is 0 Å². The smallest absolute Gasteiger partial charge is 0.233 e. The van der Waals surface area contributed by atoms with Crippen LogP contribution in [-0.2, 0) is 16.1 Å². The second kappa shape index (κ2) is 6.09. The van der Waals surface area contributed by atoms with E-state index in [0.717, 1.165) is 12.8 Å². The van der Waals surface area contributed by atoms with Crippen LogP contribution in [0.15, 0.2) is 4.52 Å². The summed E-state index contributed by atoms with van der Waals surface area (Å²) >= 11 is 0. The molecule has 1 aromatic rings. The van der Waals surface area contributed by atoms with Gasteiger partial charge in [0.15, 0.2) is 5.82 Å². The van der Waals surface area contributed by atoms with Gasteiger partial charge in [-0.2, -0.15) is 4.98 Å². The number of nitrogens with two attached hydrogens (primary N) is 1. The molecule has 2 atom stereocenters. The van der Waals surface area contributed by atoms with Crippen LogP contribution in [0.5, 0.6) is 0 Å². The van der Waals surface area contributed by atoms with Gasteiger partial charge in [-0.1, -0.05) is 12.1 Å². The first-order valence-electron chi connectivity index (χ1n) is 6.04. The molecule has 6 nitrogen and oxygen atoms in total. The highest BCUT2D eigenvalue weighted by Crippen LogP contribution is 2.23.